The third-order valence-electron chi connectivity index (χ3n) is 7.56. The lowest BCUT2D eigenvalue weighted by Gasteiger charge is -2.56. The first-order valence-corrected chi connectivity index (χ1v) is 12.0. The minimum atomic E-state index is -0.302. The SMILES string of the molecule is CCOC(=O)c1cccn1Cc1ccc(CNC(=O)NC23CC4CC(CC(C4)C2)C3)cc1. The summed E-state index contributed by atoms with van der Waals surface area (Å²) >= 11 is 0. The van der Waals surface area contributed by atoms with Crippen LogP contribution in [0, 0.1) is 17.8 Å². The molecule has 0 saturated heterocycles. The number of carbonyl (C=O) groups excluding carboxylic acids is 2. The van der Waals surface area contributed by atoms with Gasteiger partial charge in [-0.2, -0.15) is 0 Å². The minimum Gasteiger partial charge on any atom is -0.461 e. The Morgan fingerprint density at radius 1 is 1.00 bits per heavy atom. The summed E-state index contributed by atoms with van der Waals surface area (Å²) in [5.41, 5.74) is 2.75. The van der Waals surface area contributed by atoms with Gasteiger partial charge in [-0.25, -0.2) is 9.59 Å². The number of amides is 2. The van der Waals surface area contributed by atoms with Gasteiger partial charge in [-0.3, -0.25) is 0 Å². The molecule has 0 unspecified atom stereocenters. The maximum absolute atomic E-state index is 12.7. The summed E-state index contributed by atoms with van der Waals surface area (Å²) in [6, 6.07) is 11.8. The van der Waals surface area contributed by atoms with Crippen LogP contribution in [0.4, 0.5) is 4.79 Å². The van der Waals surface area contributed by atoms with E-state index in [0.717, 1.165) is 48.1 Å². The van der Waals surface area contributed by atoms with Gasteiger partial charge in [0.1, 0.15) is 5.69 Å². The monoisotopic (exact) mass is 435 g/mol. The highest BCUT2D eigenvalue weighted by molar-refractivity contribution is 5.87. The van der Waals surface area contributed by atoms with Gasteiger partial charge in [-0.15, -0.1) is 0 Å². The van der Waals surface area contributed by atoms with Crippen LogP contribution in [0.25, 0.3) is 0 Å². The van der Waals surface area contributed by atoms with Gasteiger partial charge in [-0.05, 0) is 86.5 Å². The zero-order valence-corrected chi connectivity index (χ0v) is 18.8. The Labute approximate surface area is 189 Å². The van der Waals surface area contributed by atoms with Crippen molar-refractivity contribution in [1.29, 1.82) is 0 Å². The summed E-state index contributed by atoms with van der Waals surface area (Å²) in [4.78, 5) is 24.7. The highest BCUT2D eigenvalue weighted by Crippen LogP contribution is 2.55. The Bertz CT molecular complexity index is 943. The van der Waals surface area contributed by atoms with Crippen molar-refractivity contribution in [2.45, 2.75) is 64.1 Å². The second-order valence-corrected chi connectivity index (χ2v) is 10.1. The summed E-state index contributed by atoms with van der Waals surface area (Å²) in [5, 5.41) is 6.43. The lowest BCUT2D eigenvalue weighted by Crippen LogP contribution is -2.61. The molecule has 32 heavy (non-hydrogen) atoms. The van der Waals surface area contributed by atoms with Crippen molar-refractivity contribution in [3.8, 4) is 0 Å². The van der Waals surface area contributed by atoms with E-state index in [0.29, 0.717) is 25.4 Å². The Morgan fingerprint density at radius 2 is 1.62 bits per heavy atom. The van der Waals surface area contributed by atoms with E-state index in [2.05, 4.69) is 10.6 Å². The highest BCUT2D eigenvalue weighted by atomic mass is 16.5. The number of nitrogens with zero attached hydrogens (tertiary/aromatic N) is 1. The van der Waals surface area contributed by atoms with E-state index < -0.39 is 0 Å². The first-order valence-electron chi connectivity index (χ1n) is 12.0. The van der Waals surface area contributed by atoms with E-state index in [1.807, 2.05) is 41.1 Å². The molecule has 6 nitrogen and oxygen atoms in total. The number of aromatic nitrogens is 1. The molecule has 6 heteroatoms. The molecule has 0 radical (unpaired) electrons. The molecule has 4 fully saturated rings. The smallest absolute Gasteiger partial charge is 0.354 e. The summed E-state index contributed by atoms with van der Waals surface area (Å²) in [5.74, 6) is 2.15. The molecule has 1 heterocycles. The van der Waals surface area contributed by atoms with Crippen LogP contribution in [0.2, 0.25) is 0 Å². The molecule has 6 rings (SSSR count). The van der Waals surface area contributed by atoms with Crippen LogP contribution in [0.3, 0.4) is 0 Å². The number of nitrogens with one attached hydrogen (secondary N) is 2. The molecule has 4 aliphatic carbocycles. The van der Waals surface area contributed by atoms with Crippen molar-refractivity contribution in [1.82, 2.24) is 15.2 Å². The lowest BCUT2D eigenvalue weighted by molar-refractivity contribution is -0.0135. The standard InChI is InChI=1S/C26H33N3O3/c1-2-32-24(30)23-4-3-9-29(23)17-19-7-5-18(6-8-19)16-27-25(31)28-26-13-20-10-21(14-26)12-22(11-20)15-26/h3-9,20-22H,2,10-17H2,1H3,(H2,27,28,31). The first-order chi connectivity index (χ1) is 15.5. The van der Waals surface area contributed by atoms with E-state index in [-0.39, 0.29) is 17.5 Å². The van der Waals surface area contributed by atoms with E-state index in [1.165, 1.54) is 19.3 Å². The van der Waals surface area contributed by atoms with Gasteiger partial charge >= 0.3 is 12.0 Å². The molecule has 170 valence electrons. The summed E-state index contributed by atoms with van der Waals surface area (Å²) in [6.45, 7) is 3.28. The molecule has 1 aromatic carbocycles. The third-order valence-corrected chi connectivity index (χ3v) is 7.56. The Hall–Kier alpha value is -2.76. The second-order valence-electron chi connectivity index (χ2n) is 10.1. The van der Waals surface area contributed by atoms with Gasteiger partial charge < -0.3 is 19.9 Å². The number of benzene rings is 1. The van der Waals surface area contributed by atoms with Crippen LogP contribution in [-0.4, -0.2) is 28.7 Å². The Kier molecular flexibility index (Phi) is 5.70. The van der Waals surface area contributed by atoms with Crippen LogP contribution in [0.1, 0.15) is 67.1 Å². The number of hydrogen-bond donors (Lipinski definition) is 2. The normalized spacial score (nSPS) is 27.8. The molecule has 0 atom stereocenters. The quantitative estimate of drug-likeness (QED) is 0.630. The van der Waals surface area contributed by atoms with Crippen LogP contribution in [-0.2, 0) is 17.8 Å². The van der Waals surface area contributed by atoms with Gasteiger partial charge in [0.25, 0.3) is 0 Å². The zero-order chi connectivity index (χ0) is 22.1. The van der Waals surface area contributed by atoms with Crippen molar-refractivity contribution in [3.63, 3.8) is 0 Å². The predicted molar refractivity (Wildman–Crippen MR) is 122 cm³/mol. The zero-order valence-electron chi connectivity index (χ0n) is 18.8. The molecule has 2 amide bonds. The van der Waals surface area contributed by atoms with Gasteiger partial charge in [-0.1, -0.05) is 24.3 Å². The van der Waals surface area contributed by atoms with E-state index >= 15 is 0 Å². The molecule has 2 aromatic rings. The second kappa shape index (κ2) is 8.64. The van der Waals surface area contributed by atoms with Gasteiger partial charge in [0.05, 0.1) is 6.61 Å². The van der Waals surface area contributed by atoms with Crippen LogP contribution in [0.15, 0.2) is 42.6 Å². The van der Waals surface area contributed by atoms with E-state index in [4.69, 9.17) is 4.74 Å². The summed E-state index contributed by atoms with van der Waals surface area (Å²) in [7, 11) is 0. The molecule has 0 spiro atoms. The number of esters is 1. The fourth-order valence-corrected chi connectivity index (χ4v) is 6.63. The van der Waals surface area contributed by atoms with Crippen LogP contribution >= 0.6 is 0 Å². The van der Waals surface area contributed by atoms with E-state index in [1.54, 1.807) is 13.0 Å². The van der Waals surface area contributed by atoms with E-state index in [9.17, 15) is 9.59 Å². The highest BCUT2D eigenvalue weighted by Gasteiger charge is 2.51. The van der Waals surface area contributed by atoms with Gasteiger partial charge in [0, 0.05) is 24.8 Å². The van der Waals surface area contributed by atoms with Crippen LogP contribution in [0.5, 0.6) is 0 Å². The molecule has 4 bridgehead atoms. The van der Waals surface area contributed by atoms with Gasteiger partial charge in [0.2, 0.25) is 0 Å². The van der Waals surface area contributed by atoms with Crippen molar-refractivity contribution in [2.24, 2.45) is 17.8 Å². The molecule has 2 N–H and O–H groups in total. The number of hydrogen-bond acceptors (Lipinski definition) is 3. The number of urea groups is 1. The lowest BCUT2D eigenvalue weighted by atomic mass is 9.53. The van der Waals surface area contributed by atoms with Gasteiger partial charge in [0.15, 0.2) is 0 Å². The largest absolute Gasteiger partial charge is 0.461 e. The maximum Gasteiger partial charge on any atom is 0.354 e. The van der Waals surface area contributed by atoms with Crippen LogP contribution < -0.4 is 10.6 Å². The van der Waals surface area contributed by atoms with Crippen molar-refractivity contribution in [3.05, 3.63) is 59.4 Å². The molecule has 0 aliphatic heterocycles. The molecular formula is C26H33N3O3. The predicted octanol–water partition coefficient (Wildman–Crippen LogP) is 4.48. The summed E-state index contributed by atoms with van der Waals surface area (Å²) in [6.07, 6.45) is 9.49. The number of rotatable bonds is 7. The topological polar surface area (TPSA) is 72.4 Å². The van der Waals surface area contributed by atoms with Crippen molar-refractivity contribution < 1.29 is 14.3 Å². The number of ether oxygens (including phenoxy) is 1. The van der Waals surface area contributed by atoms with Crippen molar-refractivity contribution >= 4 is 12.0 Å². The molecule has 1 aromatic heterocycles. The maximum atomic E-state index is 12.7. The van der Waals surface area contributed by atoms with Crippen molar-refractivity contribution in [2.75, 3.05) is 6.61 Å². The number of carbonyl (C=O) groups is 2. The average Bonchev–Trinajstić information content (AvgIpc) is 3.20. The third kappa shape index (κ3) is 4.41. The fourth-order valence-electron chi connectivity index (χ4n) is 6.63. The minimum absolute atomic E-state index is 0.0378. The first kappa shape index (κ1) is 21.1. The molecular weight excluding hydrogens is 402 g/mol. The fraction of sp³-hybridized carbons (Fsp3) is 0.538. The Balaban J connectivity index is 1.14. The molecule has 4 aliphatic rings. The molecule has 4 saturated carbocycles. The average molecular weight is 436 g/mol. The summed E-state index contributed by atoms with van der Waals surface area (Å²) < 4.78 is 7.01. The Morgan fingerprint density at radius 3 is 2.25 bits per heavy atom.